The van der Waals surface area contributed by atoms with Crippen molar-refractivity contribution >= 4 is 28.4 Å². The molecule has 1 atom stereocenters. The third-order valence-corrected chi connectivity index (χ3v) is 6.68. The molecule has 0 unspecified atom stereocenters. The van der Waals surface area contributed by atoms with Crippen LogP contribution in [0.2, 0.25) is 5.02 Å². The Hall–Kier alpha value is -3.63. The molecule has 2 aromatic carbocycles. The summed E-state index contributed by atoms with van der Waals surface area (Å²) in [7, 11) is 1.34. The highest BCUT2D eigenvalue weighted by Gasteiger charge is 2.34. The third-order valence-electron chi connectivity index (χ3n) is 6.33. The molecular formula is C26H22ClF3N4O3. The Balaban J connectivity index is 1.57. The number of aromatic nitrogens is 2. The quantitative estimate of drug-likeness (QED) is 0.359. The van der Waals surface area contributed by atoms with Gasteiger partial charge >= 0.3 is 6.18 Å². The summed E-state index contributed by atoms with van der Waals surface area (Å²) in [5.41, 5.74) is 7.43. The van der Waals surface area contributed by atoms with Gasteiger partial charge in [0.25, 0.3) is 5.91 Å². The number of carbonyl (C=O) groups is 1. The maximum absolute atomic E-state index is 13.5. The monoisotopic (exact) mass is 530 g/mol. The zero-order valence-corrected chi connectivity index (χ0v) is 20.7. The summed E-state index contributed by atoms with van der Waals surface area (Å²) in [6.07, 6.45) is -4.04. The molecule has 0 radical (unpaired) electrons. The number of methoxy groups -OCH3 is 1. The van der Waals surface area contributed by atoms with E-state index < -0.39 is 17.9 Å². The summed E-state index contributed by atoms with van der Waals surface area (Å²) in [5, 5.41) is 0.989. The number of halogens is 4. The van der Waals surface area contributed by atoms with Gasteiger partial charge in [-0.25, -0.2) is 9.97 Å². The molecule has 0 spiro atoms. The second-order valence-corrected chi connectivity index (χ2v) is 9.19. The van der Waals surface area contributed by atoms with Crippen molar-refractivity contribution in [3.8, 4) is 17.2 Å². The number of nitrogens with two attached hydrogens (primary N) is 1. The van der Waals surface area contributed by atoms with Gasteiger partial charge in [0.15, 0.2) is 11.5 Å². The largest absolute Gasteiger partial charge is 0.494 e. The number of benzene rings is 2. The molecule has 2 N–H and O–H groups in total. The first-order chi connectivity index (χ1) is 17.6. The molecule has 0 fully saturated rings. The highest BCUT2D eigenvalue weighted by atomic mass is 35.5. The van der Waals surface area contributed by atoms with Crippen LogP contribution in [0.4, 0.5) is 13.2 Å². The van der Waals surface area contributed by atoms with Gasteiger partial charge in [0, 0.05) is 29.1 Å². The number of pyridine rings is 1. The Kier molecular flexibility index (Phi) is 6.33. The highest BCUT2D eigenvalue weighted by molar-refractivity contribution is 6.31. The first-order valence-corrected chi connectivity index (χ1v) is 11.8. The maximum Gasteiger partial charge on any atom is 0.433 e. The minimum Gasteiger partial charge on any atom is -0.494 e. The lowest BCUT2D eigenvalue weighted by Gasteiger charge is -2.29. The fourth-order valence-electron chi connectivity index (χ4n) is 4.50. The molecular weight excluding hydrogens is 509 g/mol. The van der Waals surface area contributed by atoms with Crippen LogP contribution in [0, 0.1) is 0 Å². The molecule has 7 nitrogen and oxygen atoms in total. The van der Waals surface area contributed by atoms with Crippen molar-refractivity contribution in [3.05, 3.63) is 75.8 Å². The van der Waals surface area contributed by atoms with Crippen molar-refractivity contribution in [3.63, 3.8) is 0 Å². The second-order valence-electron chi connectivity index (χ2n) is 8.78. The lowest BCUT2D eigenvalue weighted by molar-refractivity contribution is -0.140. The van der Waals surface area contributed by atoms with Crippen LogP contribution in [0.3, 0.4) is 0 Å². The lowest BCUT2D eigenvalue weighted by atomic mass is 9.99. The van der Waals surface area contributed by atoms with Crippen LogP contribution in [0.15, 0.2) is 46.9 Å². The number of amides is 1. The number of alkyl halides is 3. The van der Waals surface area contributed by atoms with Gasteiger partial charge in [0.05, 0.1) is 13.2 Å². The molecule has 192 valence electrons. The molecule has 1 aliphatic heterocycles. The summed E-state index contributed by atoms with van der Waals surface area (Å²) in [6, 6.07) is 10.2. The van der Waals surface area contributed by atoms with Crippen LogP contribution in [-0.2, 0) is 19.1 Å². The molecule has 1 amide bonds. The van der Waals surface area contributed by atoms with Gasteiger partial charge in [-0.2, -0.15) is 13.2 Å². The minimum absolute atomic E-state index is 0.00670. The first kappa shape index (κ1) is 25.0. The van der Waals surface area contributed by atoms with Crippen LogP contribution < -0.4 is 10.5 Å². The fraction of sp³-hybridized carbons (Fsp3) is 0.269. The molecule has 11 heteroatoms. The van der Waals surface area contributed by atoms with Crippen LogP contribution in [-0.4, -0.2) is 34.4 Å². The summed E-state index contributed by atoms with van der Waals surface area (Å²) in [6.45, 7) is 2.45. The number of rotatable bonds is 4. The average Bonchev–Trinajstić information content (AvgIpc) is 3.32. The average molecular weight is 531 g/mol. The predicted octanol–water partition coefficient (Wildman–Crippen LogP) is 5.79. The van der Waals surface area contributed by atoms with Crippen molar-refractivity contribution in [2.24, 2.45) is 5.73 Å². The Morgan fingerprint density at radius 3 is 2.68 bits per heavy atom. The molecule has 5 rings (SSSR count). The number of nitrogens with zero attached hydrogens (tertiary/aromatic N) is 3. The number of fused-ring (bicyclic) bond motifs is 2. The topological polar surface area (TPSA) is 94.5 Å². The van der Waals surface area contributed by atoms with E-state index in [2.05, 4.69) is 9.97 Å². The minimum atomic E-state index is -4.63. The van der Waals surface area contributed by atoms with E-state index in [1.54, 1.807) is 17.9 Å². The van der Waals surface area contributed by atoms with Gasteiger partial charge in [-0.1, -0.05) is 23.7 Å². The molecule has 0 saturated carbocycles. The molecule has 37 heavy (non-hydrogen) atoms. The normalized spacial score (nSPS) is 14.5. The van der Waals surface area contributed by atoms with E-state index in [0.29, 0.717) is 35.5 Å². The number of hydrogen-bond donors (Lipinski definition) is 1. The summed E-state index contributed by atoms with van der Waals surface area (Å²) in [4.78, 5) is 23.4. The number of oxazole rings is 1. The van der Waals surface area contributed by atoms with Crippen molar-refractivity contribution in [1.29, 1.82) is 0 Å². The third kappa shape index (κ3) is 4.51. The summed E-state index contributed by atoms with van der Waals surface area (Å²) < 4.78 is 51.1. The second kappa shape index (κ2) is 9.35. The Labute approximate surface area is 215 Å². The Morgan fingerprint density at radius 2 is 1.97 bits per heavy atom. The Bertz CT molecular complexity index is 1520. The fourth-order valence-corrected chi connectivity index (χ4v) is 4.78. The standard InChI is InChI=1S/C26H22ClF3N4O3/c1-13(31)23-22(25(35)34-11-10-15-14(12-34)4-3-5-18(15)27)33-24(37-23)17-6-8-19(36-2)21-16(17)7-9-20(32-21)26(28,29)30/h3-9,13H,10-12,31H2,1-2H3/t13-/m0/s1. The first-order valence-electron chi connectivity index (χ1n) is 11.5. The number of carbonyl (C=O) groups excluding carboxylic acids is 1. The summed E-state index contributed by atoms with van der Waals surface area (Å²) in [5.74, 6) is 0.0278. The van der Waals surface area contributed by atoms with Crippen LogP contribution in [0.5, 0.6) is 5.75 Å². The smallest absolute Gasteiger partial charge is 0.433 e. The van der Waals surface area contributed by atoms with E-state index >= 15 is 0 Å². The van der Waals surface area contributed by atoms with Crippen LogP contribution >= 0.6 is 11.6 Å². The molecule has 0 saturated heterocycles. The molecule has 2 aromatic heterocycles. The maximum atomic E-state index is 13.5. The predicted molar refractivity (Wildman–Crippen MR) is 131 cm³/mol. The van der Waals surface area contributed by atoms with Gasteiger partial charge in [-0.3, -0.25) is 4.79 Å². The molecule has 0 aliphatic carbocycles. The molecule has 0 bridgehead atoms. The van der Waals surface area contributed by atoms with Gasteiger partial charge in [0.1, 0.15) is 17.0 Å². The van der Waals surface area contributed by atoms with Gasteiger partial charge in [-0.15, -0.1) is 0 Å². The van der Waals surface area contributed by atoms with Crippen LogP contribution in [0.1, 0.15) is 46.0 Å². The van der Waals surface area contributed by atoms with E-state index in [9.17, 15) is 18.0 Å². The molecule has 1 aliphatic rings. The SMILES string of the molecule is COc1ccc(-c2nc(C(=O)N3CCc4c(Cl)cccc4C3)c([C@H](C)N)o2)c2ccc(C(F)(F)F)nc12. The number of ether oxygens (including phenoxy) is 1. The van der Waals surface area contributed by atoms with Crippen molar-refractivity contribution < 1.29 is 27.1 Å². The van der Waals surface area contributed by atoms with E-state index in [1.807, 2.05) is 18.2 Å². The molecule has 3 heterocycles. The van der Waals surface area contributed by atoms with Crippen molar-refractivity contribution in [1.82, 2.24) is 14.9 Å². The van der Waals surface area contributed by atoms with E-state index in [0.717, 1.165) is 17.2 Å². The Morgan fingerprint density at radius 1 is 1.19 bits per heavy atom. The van der Waals surface area contributed by atoms with Gasteiger partial charge < -0.3 is 19.8 Å². The highest BCUT2D eigenvalue weighted by Crippen LogP contribution is 2.38. The van der Waals surface area contributed by atoms with E-state index in [4.69, 9.17) is 26.5 Å². The zero-order chi connectivity index (χ0) is 26.5. The number of hydrogen-bond acceptors (Lipinski definition) is 6. The van der Waals surface area contributed by atoms with Crippen molar-refractivity contribution in [2.45, 2.75) is 32.1 Å². The zero-order valence-electron chi connectivity index (χ0n) is 19.9. The summed E-state index contributed by atoms with van der Waals surface area (Å²) >= 11 is 6.30. The molecule has 4 aromatic rings. The van der Waals surface area contributed by atoms with Crippen molar-refractivity contribution in [2.75, 3.05) is 13.7 Å². The van der Waals surface area contributed by atoms with E-state index in [1.165, 1.54) is 19.2 Å². The van der Waals surface area contributed by atoms with E-state index in [-0.39, 0.29) is 34.5 Å². The van der Waals surface area contributed by atoms with Gasteiger partial charge in [0.2, 0.25) is 5.89 Å². The van der Waals surface area contributed by atoms with Crippen LogP contribution in [0.25, 0.3) is 22.4 Å². The lowest BCUT2D eigenvalue weighted by Crippen LogP contribution is -2.37. The van der Waals surface area contributed by atoms with Gasteiger partial charge in [-0.05, 0) is 54.8 Å².